The van der Waals surface area contributed by atoms with Gasteiger partial charge >= 0.3 is 5.69 Å². The molecule has 1 N–H and O–H groups in total. The van der Waals surface area contributed by atoms with E-state index in [1.54, 1.807) is 6.20 Å². The van der Waals surface area contributed by atoms with Crippen LogP contribution in [0.15, 0.2) is 23.1 Å². The summed E-state index contributed by atoms with van der Waals surface area (Å²) < 4.78 is 3.80. The van der Waals surface area contributed by atoms with E-state index in [9.17, 15) is 4.79 Å². The Hall–Kier alpha value is -2.48. The van der Waals surface area contributed by atoms with Crippen LogP contribution in [0.2, 0.25) is 0 Å². The molecule has 0 aliphatic carbocycles. The average Bonchev–Trinajstić information content (AvgIpc) is 3.15. The van der Waals surface area contributed by atoms with Crippen LogP contribution in [0.4, 0.5) is 0 Å². The van der Waals surface area contributed by atoms with E-state index in [1.807, 2.05) is 28.3 Å². The molecule has 1 fully saturated rings. The van der Waals surface area contributed by atoms with E-state index in [2.05, 4.69) is 32.1 Å². The first kappa shape index (κ1) is 16.0. The summed E-state index contributed by atoms with van der Waals surface area (Å²) in [6.07, 6.45) is 3.62. The predicted molar refractivity (Wildman–Crippen MR) is 94.3 cm³/mol. The van der Waals surface area contributed by atoms with E-state index in [-0.39, 0.29) is 11.7 Å². The Kier molecular flexibility index (Phi) is 4.12. The van der Waals surface area contributed by atoms with Gasteiger partial charge in [-0.25, -0.2) is 14.5 Å². The summed E-state index contributed by atoms with van der Waals surface area (Å²) in [6.45, 7) is 7.69. The molecule has 0 saturated carbocycles. The quantitative estimate of drug-likeness (QED) is 0.777. The number of aryl methyl sites for hydroxylation is 2. The molecule has 8 nitrogen and oxygen atoms in total. The Morgan fingerprint density at radius 3 is 2.88 bits per heavy atom. The molecule has 1 aliphatic rings. The van der Waals surface area contributed by atoms with Crippen molar-refractivity contribution in [2.24, 2.45) is 0 Å². The molecule has 0 amide bonds. The molecule has 132 valence electrons. The molecule has 8 heteroatoms. The summed E-state index contributed by atoms with van der Waals surface area (Å²) >= 11 is 0. The first-order valence-electron chi connectivity index (χ1n) is 8.84. The summed E-state index contributed by atoms with van der Waals surface area (Å²) in [7, 11) is 0. The van der Waals surface area contributed by atoms with Crippen LogP contribution in [-0.4, -0.2) is 47.5 Å². The van der Waals surface area contributed by atoms with Gasteiger partial charge in [-0.15, -0.1) is 5.10 Å². The van der Waals surface area contributed by atoms with Crippen LogP contribution in [0.3, 0.4) is 0 Å². The van der Waals surface area contributed by atoms with Crippen molar-refractivity contribution in [1.29, 1.82) is 0 Å². The molecule has 25 heavy (non-hydrogen) atoms. The van der Waals surface area contributed by atoms with Crippen LogP contribution < -0.4 is 5.69 Å². The minimum atomic E-state index is -0.0590. The summed E-state index contributed by atoms with van der Waals surface area (Å²) in [5, 5.41) is 8.37. The molecular weight excluding hydrogens is 318 g/mol. The summed E-state index contributed by atoms with van der Waals surface area (Å²) in [4.78, 5) is 22.1. The van der Waals surface area contributed by atoms with Gasteiger partial charge in [0.05, 0.1) is 16.9 Å². The maximum absolute atomic E-state index is 12.3. The zero-order chi connectivity index (χ0) is 17.4. The lowest BCUT2D eigenvalue weighted by molar-refractivity contribution is 0.175. The van der Waals surface area contributed by atoms with Gasteiger partial charge in [0, 0.05) is 38.4 Å². The Morgan fingerprint density at radius 2 is 2.12 bits per heavy atom. The second kappa shape index (κ2) is 6.44. The third kappa shape index (κ3) is 2.86. The number of nitrogens with one attached hydrogen (secondary N) is 1. The lowest BCUT2D eigenvalue weighted by Gasteiger charge is -2.32. The molecule has 1 saturated heterocycles. The lowest BCUT2D eigenvalue weighted by atomic mass is 10.0. The minimum Gasteiger partial charge on any atom is -0.304 e. The molecule has 0 radical (unpaired) electrons. The molecule has 0 spiro atoms. The monoisotopic (exact) mass is 341 g/mol. The van der Waals surface area contributed by atoms with Crippen LogP contribution in [-0.2, 0) is 13.1 Å². The average molecular weight is 341 g/mol. The number of pyridine rings is 1. The molecule has 4 heterocycles. The van der Waals surface area contributed by atoms with Gasteiger partial charge in [-0.3, -0.25) is 9.47 Å². The van der Waals surface area contributed by atoms with Crippen molar-refractivity contribution in [2.75, 3.05) is 13.1 Å². The normalized spacial score (nSPS) is 16.7. The third-order valence-corrected chi connectivity index (χ3v) is 5.10. The van der Waals surface area contributed by atoms with Gasteiger partial charge in [0.15, 0.2) is 5.65 Å². The zero-order valence-electron chi connectivity index (χ0n) is 14.6. The maximum Gasteiger partial charge on any atom is 0.327 e. The van der Waals surface area contributed by atoms with E-state index < -0.39 is 0 Å². The van der Waals surface area contributed by atoms with Crippen molar-refractivity contribution in [3.63, 3.8) is 0 Å². The van der Waals surface area contributed by atoms with Crippen LogP contribution >= 0.6 is 0 Å². The number of piperidine rings is 1. The third-order valence-electron chi connectivity index (χ3n) is 5.10. The molecule has 0 atom stereocenters. The highest BCUT2D eigenvalue weighted by Gasteiger charge is 2.25. The lowest BCUT2D eigenvalue weighted by Crippen LogP contribution is -2.37. The van der Waals surface area contributed by atoms with E-state index in [1.165, 1.54) is 5.69 Å². The number of hydrogen-bond donors (Lipinski definition) is 1. The number of nitrogens with zero attached hydrogens (tertiary/aromatic N) is 6. The van der Waals surface area contributed by atoms with Gasteiger partial charge in [0.2, 0.25) is 0 Å². The molecule has 1 aliphatic heterocycles. The van der Waals surface area contributed by atoms with Crippen LogP contribution in [0, 0.1) is 6.92 Å². The first-order chi connectivity index (χ1) is 12.2. The molecule has 3 aromatic rings. The Bertz CT molecular complexity index is 930. The van der Waals surface area contributed by atoms with Gasteiger partial charge in [0.1, 0.15) is 0 Å². The van der Waals surface area contributed by atoms with E-state index in [4.69, 9.17) is 0 Å². The topological polar surface area (TPSA) is 84.6 Å². The predicted octanol–water partition coefficient (Wildman–Crippen LogP) is 1.48. The molecule has 3 aromatic heterocycles. The minimum absolute atomic E-state index is 0.0590. The molecule has 0 bridgehead atoms. The standard InChI is InChI=1S/C17H23N7O/c1-3-23-15(12(2)20-21-23)11-22-9-6-13(7-10-22)24-16-14(19-17(24)25)5-4-8-18-16/h4-5,8,13H,3,6-7,9-11H2,1-2H3,(H,19,25). The second-order valence-corrected chi connectivity index (χ2v) is 6.62. The van der Waals surface area contributed by atoms with Gasteiger partial charge in [0.25, 0.3) is 0 Å². The number of rotatable bonds is 4. The highest BCUT2D eigenvalue weighted by molar-refractivity contribution is 5.70. The Labute approximate surface area is 145 Å². The summed E-state index contributed by atoms with van der Waals surface area (Å²) in [5.41, 5.74) is 3.70. The van der Waals surface area contributed by atoms with Crippen molar-refractivity contribution in [1.82, 2.24) is 34.4 Å². The van der Waals surface area contributed by atoms with Crippen molar-refractivity contribution in [3.8, 4) is 0 Å². The fourth-order valence-electron chi connectivity index (χ4n) is 3.71. The van der Waals surface area contributed by atoms with Gasteiger partial charge < -0.3 is 4.98 Å². The number of H-pyrrole nitrogens is 1. The van der Waals surface area contributed by atoms with Crippen molar-refractivity contribution in [3.05, 3.63) is 40.2 Å². The number of fused-ring (bicyclic) bond motifs is 1. The Morgan fingerprint density at radius 1 is 1.32 bits per heavy atom. The van der Waals surface area contributed by atoms with Crippen molar-refractivity contribution >= 4 is 11.2 Å². The van der Waals surface area contributed by atoms with Gasteiger partial charge in [-0.1, -0.05) is 5.21 Å². The van der Waals surface area contributed by atoms with Crippen molar-refractivity contribution < 1.29 is 0 Å². The second-order valence-electron chi connectivity index (χ2n) is 6.62. The fourth-order valence-corrected chi connectivity index (χ4v) is 3.71. The van der Waals surface area contributed by atoms with Crippen LogP contribution in [0.25, 0.3) is 11.2 Å². The highest BCUT2D eigenvalue weighted by atomic mass is 16.1. The number of aromatic nitrogens is 6. The smallest absolute Gasteiger partial charge is 0.304 e. The maximum atomic E-state index is 12.3. The molecule has 4 rings (SSSR count). The molecular formula is C17H23N7O. The van der Waals surface area contributed by atoms with Crippen LogP contribution in [0.1, 0.15) is 37.2 Å². The first-order valence-corrected chi connectivity index (χ1v) is 8.84. The van der Waals surface area contributed by atoms with Crippen molar-refractivity contribution in [2.45, 2.75) is 45.8 Å². The highest BCUT2D eigenvalue weighted by Crippen LogP contribution is 2.25. The van der Waals surface area contributed by atoms with E-state index in [0.29, 0.717) is 0 Å². The van der Waals surface area contributed by atoms with E-state index in [0.717, 1.165) is 55.9 Å². The molecule has 0 aromatic carbocycles. The van der Waals surface area contributed by atoms with Gasteiger partial charge in [-0.2, -0.15) is 0 Å². The Balaban J connectivity index is 1.49. The largest absolute Gasteiger partial charge is 0.327 e. The fraction of sp³-hybridized carbons (Fsp3) is 0.529. The number of hydrogen-bond acceptors (Lipinski definition) is 5. The number of imidazole rings is 1. The number of likely N-dealkylation sites (tertiary alicyclic amines) is 1. The summed E-state index contributed by atoms with van der Waals surface area (Å²) in [5.74, 6) is 0. The van der Waals surface area contributed by atoms with Crippen LogP contribution in [0.5, 0.6) is 0 Å². The van der Waals surface area contributed by atoms with E-state index >= 15 is 0 Å². The zero-order valence-corrected chi connectivity index (χ0v) is 14.6. The summed E-state index contributed by atoms with van der Waals surface area (Å²) in [6, 6.07) is 3.94. The number of aromatic amines is 1. The SMILES string of the molecule is CCn1nnc(C)c1CN1CCC(n2c(=O)[nH]c3cccnc32)CC1. The van der Waals surface area contributed by atoms with Gasteiger partial charge in [-0.05, 0) is 38.8 Å². The molecule has 0 unspecified atom stereocenters.